The van der Waals surface area contributed by atoms with Crippen molar-refractivity contribution in [1.29, 1.82) is 0 Å². The molecule has 0 aromatic heterocycles. The van der Waals surface area contributed by atoms with Crippen molar-refractivity contribution >= 4 is 18.4 Å². The van der Waals surface area contributed by atoms with Crippen molar-refractivity contribution in [2.75, 3.05) is 13.7 Å². The highest BCUT2D eigenvalue weighted by molar-refractivity contribution is 5.89. The van der Waals surface area contributed by atoms with Gasteiger partial charge in [-0.25, -0.2) is 9.18 Å². The van der Waals surface area contributed by atoms with Gasteiger partial charge in [-0.3, -0.25) is 0 Å². The zero-order chi connectivity index (χ0) is 10.6. The van der Waals surface area contributed by atoms with Crippen LogP contribution in [-0.4, -0.2) is 19.6 Å². The molecule has 0 bridgehead atoms. The molecule has 0 aliphatic rings. The summed E-state index contributed by atoms with van der Waals surface area (Å²) in [5.41, 5.74) is 6.05. The van der Waals surface area contributed by atoms with Gasteiger partial charge >= 0.3 is 5.97 Å². The fourth-order valence-corrected chi connectivity index (χ4v) is 1.16. The number of hydrogen-bond acceptors (Lipinski definition) is 3. The molecule has 0 amide bonds. The Balaban J connectivity index is 0.00000196. The molecule has 1 rings (SSSR count). The molecule has 0 aliphatic carbocycles. The van der Waals surface area contributed by atoms with Crippen LogP contribution in [0.2, 0.25) is 0 Å². The highest BCUT2D eigenvalue weighted by Gasteiger charge is 2.11. The molecule has 84 valence electrons. The molecule has 0 saturated heterocycles. The van der Waals surface area contributed by atoms with Crippen LogP contribution in [0.1, 0.15) is 15.9 Å². The van der Waals surface area contributed by atoms with E-state index in [9.17, 15) is 9.18 Å². The van der Waals surface area contributed by atoms with Crippen molar-refractivity contribution in [3.8, 4) is 0 Å². The second-order valence-electron chi connectivity index (χ2n) is 2.84. The lowest BCUT2D eigenvalue weighted by Gasteiger charge is -2.03. The standard InChI is InChI=1S/C10H12FNO2.ClH/c1-14-10(13)8-3-2-7(4-5-12)6-9(8)11;/h2-3,6H,4-5,12H2,1H3;1H. The van der Waals surface area contributed by atoms with E-state index in [0.29, 0.717) is 13.0 Å². The van der Waals surface area contributed by atoms with Gasteiger partial charge in [0, 0.05) is 0 Å². The van der Waals surface area contributed by atoms with Gasteiger partial charge in [0.05, 0.1) is 12.7 Å². The first-order valence-electron chi connectivity index (χ1n) is 4.26. The van der Waals surface area contributed by atoms with Crippen LogP contribution >= 0.6 is 12.4 Å². The monoisotopic (exact) mass is 233 g/mol. The largest absolute Gasteiger partial charge is 0.465 e. The molecule has 0 atom stereocenters. The van der Waals surface area contributed by atoms with E-state index in [0.717, 1.165) is 5.56 Å². The van der Waals surface area contributed by atoms with Crippen LogP contribution in [0.3, 0.4) is 0 Å². The van der Waals surface area contributed by atoms with Gasteiger partial charge in [-0.1, -0.05) is 6.07 Å². The first kappa shape index (κ1) is 13.9. The number of halogens is 2. The normalized spacial score (nSPS) is 9.27. The summed E-state index contributed by atoms with van der Waals surface area (Å²) in [6, 6.07) is 4.38. The lowest BCUT2D eigenvalue weighted by atomic mass is 10.1. The van der Waals surface area contributed by atoms with Crippen LogP contribution < -0.4 is 5.73 Å². The minimum absolute atomic E-state index is 0. The van der Waals surface area contributed by atoms with Gasteiger partial charge in [-0.15, -0.1) is 12.4 Å². The molecule has 1 aromatic rings. The predicted molar refractivity (Wildman–Crippen MR) is 57.7 cm³/mol. The van der Waals surface area contributed by atoms with Crippen molar-refractivity contribution in [3.05, 3.63) is 35.1 Å². The number of rotatable bonds is 3. The maximum Gasteiger partial charge on any atom is 0.340 e. The molecule has 0 fully saturated rings. The van der Waals surface area contributed by atoms with Crippen molar-refractivity contribution in [2.45, 2.75) is 6.42 Å². The third-order valence-electron chi connectivity index (χ3n) is 1.87. The molecule has 0 unspecified atom stereocenters. The summed E-state index contributed by atoms with van der Waals surface area (Å²) in [7, 11) is 1.22. The molecule has 0 heterocycles. The Morgan fingerprint density at radius 3 is 2.67 bits per heavy atom. The van der Waals surface area contributed by atoms with Crippen LogP contribution in [-0.2, 0) is 11.2 Å². The number of methoxy groups -OCH3 is 1. The number of esters is 1. The fourth-order valence-electron chi connectivity index (χ4n) is 1.16. The molecule has 0 saturated carbocycles. The van der Waals surface area contributed by atoms with E-state index in [4.69, 9.17) is 5.73 Å². The summed E-state index contributed by atoms with van der Waals surface area (Å²) in [5, 5.41) is 0. The summed E-state index contributed by atoms with van der Waals surface area (Å²) in [4.78, 5) is 11.0. The summed E-state index contributed by atoms with van der Waals surface area (Å²) in [6.07, 6.45) is 0.596. The van der Waals surface area contributed by atoms with E-state index in [2.05, 4.69) is 4.74 Å². The Hall–Kier alpha value is -1.13. The number of nitrogens with two attached hydrogens (primary N) is 1. The van der Waals surface area contributed by atoms with E-state index in [1.165, 1.54) is 19.2 Å². The summed E-state index contributed by atoms with van der Waals surface area (Å²) in [5.74, 6) is -1.23. The zero-order valence-corrected chi connectivity index (χ0v) is 9.14. The van der Waals surface area contributed by atoms with Crippen LogP contribution in [0.15, 0.2) is 18.2 Å². The Labute approximate surface area is 93.8 Å². The highest BCUT2D eigenvalue weighted by atomic mass is 35.5. The second-order valence-corrected chi connectivity index (χ2v) is 2.84. The van der Waals surface area contributed by atoms with Gasteiger partial charge in [-0.2, -0.15) is 0 Å². The fraction of sp³-hybridized carbons (Fsp3) is 0.300. The minimum Gasteiger partial charge on any atom is -0.465 e. The van der Waals surface area contributed by atoms with E-state index >= 15 is 0 Å². The van der Waals surface area contributed by atoms with Crippen molar-refractivity contribution in [3.63, 3.8) is 0 Å². The van der Waals surface area contributed by atoms with Crippen LogP contribution in [0, 0.1) is 5.82 Å². The Bertz CT molecular complexity index is 344. The lowest BCUT2D eigenvalue weighted by Crippen LogP contribution is -2.07. The first-order chi connectivity index (χ1) is 6.69. The Kier molecular flexibility index (Phi) is 5.89. The van der Waals surface area contributed by atoms with E-state index < -0.39 is 11.8 Å². The molecule has 0 aliphatic heterocycles. The highest BCUT2D eigenvalue weighted by Crippen LogP contribution is 2.11. The molecule has 2 N–H and O–H groups in total. The number of carbonyl (C=O) groups is 1. The van der Waals surface area contributed by atoms with Gasteiger partial charge < -0.3 is 10.5 Å². The van der Waals surface area contributed by atoms with Crippen LogP contribution in [0.4, 0.5) is 4.39 Å². The predicted octanol–water partition coefficient (Wildman–Crippen LogP) is 1.54. The van der Waals surface area contributed by atoms with Gasteiger partial charge in [0.15, 0.2) is 0 Å². The molecular weight excluding hydrogens is 221 g/mol. The molecule has 1 aromatic carbocycles. The Morgan fingerprint density at radius 1 is 1.53 bits per heavy atom. The van der Waals surface area contributed by atoms with Crippen LogP contribution in [0.25, 0.3) is 0 Å². The molecule has 0 spiro atoms. The minimum atomic E-state index is -0.665. The van der Waals surface area contributed by atoms with Gasteiger partial charge in [-0.05, 0) is 30.7 Å². The lowest BCUT2D eigenvalue weighted by molar-refractivity contribution is 0.0595. The smallest absolute Gasteiger partial charge is 0.340 e. The third kappa shape index (κ3) is 3.49. The average molecular weight is 234 g/mol. The van der Waals surface area contributed by atoms with Crippen molar-refractivity contribution < 1.29 is 13.9 Å². The average Bonchev–Trinajstić information content (AvgIpc) is 2.17. The summed E-state index contributed by atoms with van der Waals surface area (Å²) >= 11 is 0. The van der Waals surface area contributed by atoms with Crippen molar-refractivity contribution in [1.82, 2.24) is 0 Å². The maximum absolute atomic E-state index is 13.3. The topological polar surface area (TPSA) is 52.3 Å². The maximum atomic E-state index is 13.3. The number of ether oxygens (including phenoxy) is 1. The molecule has 15 heavy (non-hydrogen) atoms. The molecule has 3 nitrogen and oxygen atoms in total. The number of benzene rings is 1. The molecular formula is C10H13ClFNO2. The number of hydrogen-bond donors (Lipinski definition) is 1. The second kappa shape index (κ2) is 6.37. The van der Waals surface area contributed by atoms with Crippen LogP contribution in [0.5, 0.6) is 0 Å². The van der Waals surface area contributed by atoms with Gasteiger partial charge in [0.25, 0.3) is 0 Å². The third-order valence-corrected chi connectivity index (χ3v) is 1.87. The van der Waals surface area contributed by atoms with Gasteiger partial charge in [0.1, 0.15) is 5.82 Å². The van der Waals surface area contributed by atoms with E-state index in [-0.39, 0.29) is 18.0 Å². The SMILES string of the molecule is COC(=O)c1ccc(CCN)cc1F.Cl. The number of carbonyl (C=O) groups excluding carboxylic acids is 1. The zero-order valence-electron chi connectivity index (χ0n) is 8.33. The Morgan fingerprint density at radius 2 is 2.20 bits per heavy atom. The molecule has 0 radical (unpaired) electrons. The van der Waals surface area contributed by atoms with E-state index in [1.54, 1.807) is 6.07 Å². The molecule has 5 heteroatoms. The quantitative estimate of drug-likeness (QED) is 0.806. The summed E-state index contributed by atoms with van der Waals surface area (Å²) < 4.78 is 17.7. The first-order valence-corrected chi connectivity index (χ1v) is 4.26. The van der Waals surface area contributed by atoms with Gasteiger partial charge in [0.2, 0.25) is 0 Å². The van der Waals surface area contributed by atoms with E-state index in [1.807, 2.05) is 0 Å². The summed E-state index contributed by atoms with van der Waals surface area (Å²) in [6.45, 7) is 0.455. The van der Waals surface area contributed by atoms with Crippen molar-refractivity contribution in [2.24, 2.45) is 5.73 Å².